The first kappa shape index (κ1) is 17.2. The number of hydrogen-bond acceptors (Lipinski definition) is 3. The molecule has 130 valence electrons. The quantitative estimate of drug-likeness (QED) is 0.419. The molecule has 26 heavy (non-hydrogen) atoms. The third-order valence-corrected chi connectivity index (χ3v) is 5.30. The van der Waals surface area contributed by atoms with Crippen LogP contribution in [0.1, 0.15) is 6.92 Å². The molecule has 2 aromatic carbocycles. The lowest BCUT2D eigenvalue weighted by atomic mass is 10.0. The number of rotatable bonds is 3. The summed E-state index contributed by atoms with van der Waals surface area (Å²) in [6.45, 7) is 2.77. The number of nitrogens with one attached hydrogen (secondary N) is 1. The van der Waals surface area contributed by atoms with E-state index in [0.29, 0.717) is 14.8 Å². The van der Waals surface area contributed by atoms with E-state index in [4.69, 9.17) is 40.4 Å². The van der Waals surface area contributed by atoms with Crippen LogP contribution in [0, 0.1) is 4.77 Å². The maximum Gasteiger partial charge on any atom is 0.195 e. The van der Waals surface area contributed by atoms with E-state index in [-0.39, 0.29) is 0 Å². The Morgan fingerprint density at radius 3 is 2.65 bits per heavy atom. The summed E-state index contributed by atoms with van der Waals surface area (Å²) in [5.74, 6) is 0.789. The van der Waals surface area contributed by atoms with Gasteiger partial charge in [-0.3, -0.25) is 5.10 Å². The van der Waals surface area contributed by atoms with Crippen LogP contribution in [-0.4, -0.2) is 19.7 Å². The maximum atomic E-state index is 6.19. The summed E-state index contributed by atoms with van der Waals surface area (Å²) in [7, 11) is 0. The van der Waals surface area contributed by atoms with Gasteiger partial charge in [0.1, 0.15) is 0 Å². The molecule has 4 rings (SSSR count). The van der Waals surface area contributed by atoms with Crippen LogP contribution in [0.3, 0.4) is 0 Å². The molecule has 0 fully saturated rings. The maximum absolute atomic E-state index is 6.19. The fraction of sp³-hybridized carbons (Fsp3) is 0.105. The molecular weight excluding hydrogens is 387 g/mol. The van der Waals surface area contributed by atoms with Crippen LogP contribution in [0.15, 0.2) is 48.5 Å². The largest absolute Gasteiger partial charge is 0.300 e. The summed E-state index contributed by atoms with van der Waals surface area (Å²) >= 11 is 17.6. The number of aromatic amines is 1. The van der Waals surface area contributed by atoms with Gasteiger partial charge in [0.2, 0.25) is 0 Å². The van der Waals surface area contributed by atoms with Crippen molar-refractivity contribution in [1.82, 2.24) is 19.7 Å². The number of H-pyrrole nitrogens is 1. The fourth-order valence-corrected chi connectivity index (χ4v) is 3.54. The van der Waals surface area contributed by atoms with E-state index in [1.54, 1.807) is 6.07 Å². The number of nitrogens with zero attached hydrogens (tertiary/aromatic N) is 3. The van der Waals surface area contributed by atoms with E-state index < -0.39 is 0 Å². The van der Waals surface area contributed by atoms with Gasteiger partial charge in [-0.25, -0.2) is 4.98 Å². The minimum Gasteiger partial charge on any atom is -0.300 e. The number of fused-ring (bicyclic) bond motifs is 1. The smallest absolute Gasteiger partial charge is 0.195 e. The lowest BCUT2D eigenvalue weighted by Crippen LogP contribution is -1.99. The second-order valence-electron chi connectivity index (χ2n) is 5.80. The molecule has 0 aliphatic rings. The third kappa shape index (κ3) is 2.92. The topological polar surface area (TPSA) is 46.5 Å². The summed E-state index contributed by atoms with van der Waals surface area (Å²) in [4.78, 5) is 4.79. The minimum atomic E-state index is 0.497. The van der Waals surface area contributed by atoms with Gasteiger partial charge in [0, 0.05) is 23.1 Å². The lowest BCUT2D eigenvalue weighted by molar-refractivity contribution is 0.756. The van der Waals surface area contributed by atoms with E-state index in [1.807, 2.05) is 54.0 Å². The molecule has 4 aromatic rings. The van der Waals surface area contributed by atoms with Crippen LogP contribution >= 0.6 is 35.4 Å². The normalized spacial score (nSPS) is 11.2. The minimum absolute atomic E-state index is 0.497. The highest BCUT2D eigenvalue weighted by molar-refractivity contribution is 7.71. The van der Waals surface area contributed by atoms with Gasteiger partial charge in [-0.1, -0.05) is 47.5 Å². The second-order valence-corrected chi connectivity index (χ2v) is 7.00. The predicted molar refractivity (Wildman–Crippen MR) is 109 cm³/mol. The Balaban J connectivity index is 2.02. The zero-order valence-electron chi connectivity index (χ0n) is 13.8. The van der Waals surface area contributed by atoms with Crippen molar-refractivity contribution in [2.45, 2.75) is 13.5 Å². The first-order chi connectivity index (χ1) is 12.6. The van der Waals surface area contributed by atoms with E-state index in [1.165, 1.54) is 0 Å². The van der Waals surface area contributed by atoms with Gasteiger partial charge < -0.3 is 4.57 Å². The van der Waals surface area contributed by atoms with Crippen LogP contribution < -0.4 is 0 Å². The highest BCUT2D eigenvalue weighted by Crippen LogP contribution is 2.33. The Hall–Kier alpha value is -2.21. The molecule has 7 heteroatoms. The van der Waals surface area contributed by atoms with Crippen LogP contribution in [0.5, 0.6) is 0 Å². The summed E-state index contributed by atoms with van der Waals surface area (Å²) in [6.07, 6.45) is 0. The Labute approximate surface area is 165 Å². The van der Waals surface area contributed by atoms with Gasteiger partial charge >= 0.3 is 0 Å². The van der Waals surface area contributed by atoms with Crippen molar-refractivity contribution >= 4 is 46.3 Å². The first-order valence-corrected chi connectivity index (χ1v) is 9.25. The highest BCUT2D eigenvalue weighted by atomic mass is 35.5. The average Bonchev–Trinajstić information content (AvgIpc) is 3.03. The van der Waals surface area contributed by atoms with Crippen molar-refractivity contribution in [3.8, 4) is 22.6 Å². The fourth-order valence-electron chi connectivity index (χ4n) is 2.98. The van der Waals surface area contributed by atoms with Crippen LogP contribution in [-0.2, 0) is 6.54 Å². The van der Waals surface area contributed by atoms with Gasteiger partial charge in [-0.2, -0.15) is 5.10 Å². The zero-order valence-corrected chi connectivity index (χ0v) is 16.2. The van der Waals surface area contributed by atoms with Gasteiger partial charge in [0.15, 0.2) is 10.6 Å². The molecule has 0 bridgehead atoms. The van der Waals surface area contributed by atoms with E-state index in [2.05, 4.69) is 10.2 Å². The molecule has 2 heterocycles. The molecule has 0 amide bonds. The molecule has 0 aliphatic carbocycles. The molecule has 0 radical (unpaired) electrons. The summed E-state index contributed by atoms with van der Waals surface area (Å²) < 4.78 is 2.56. The van der Waals surface area contributed by atoms with E-state index in [9.17, 15) is 0 Å². The van der Waals surface area contributed by atoms with Gasteiger partial charge in [0.05, 0.1) is 21.3 Å². The molecule has 0 saturated heterocycles. The van der Waals surface area contributed by atoms with Crippen molar-refractivity contribution in [3.63, 3.8) is 0 Å². The van der Waals surface area contributed by atoms with Crippen molar-refractivity contribution < 1.29 is 0 Å². The summed E-state index contributed by atoms with van der Waals surface area (Å²) in [5.41, 5.74) is 3.53. The monoisotopic (exact) mass is 400 g/mol. The zero-order chi connectivity index (χ0) is 18.3. The molecule has 0 saturated carbocycles. The van der Waals surface area contributed by atoms with E-state index in [0.717, 1.165) is 40.1 Å². The summed E-state index contributed by atoms with van der Waals surface area (Å²) in [5, 5.41) is 9.36. The second kappa shape index (κ2) is 6.83. The van der Waals surface area contributed by atoms with Crippen LogP contribution in [0.4, 0.5) is 0 Å². The molecule has 2 aromatic heterocycles. The molecule has 1 N–H and O–H groups in total. The number of benzene rings is 2. The number of pyridine rings is 1. The average molecular weight is 401 g/mol. The highest BCUT2D eigenvalue weighted by Gasteiger charge is 2.15. The van der Waals surface area contributed by atoms with Gasteiger partial charge in [0.25, 0.3) is 0 Å². The molecule has 0 unspecified atom stereocenters. The molecule has 4 nitrogen and oxygen atoms in total. The SMILES string of the molecule is CCn1c(-c2cc(-c3ccc(Cl)c(Cl)c3)nc3ccccc23)n[nH]c1=S. The lowest BCUT2D eigenvalue weighted by Gasteiger charge is -2.11. The Bertz CT molecular complexity index is 1180. The van der Waals surface area contributed by atoms with Crippen molar-refractivity contribution in [3.05, 3.63) is 63.3 Å². The van der Waals surface area contributed by atoms with Crippen molar-refractivity contribution in [2.24, 2.45) is 0 Å². The first-order valence-electron chi connectivity index (χ1n) is 8.09. The van der Waals surface area contributed by atoms with E-state index >= 15 is 0 Å². The summed E-state index contributed by atoms with van der Waals surface area (Å²) in [6, 6.07) is 15.5. The standard InChI is InChI=1S/C19H14Cl2N4S/c1-2-25-18(23-24-19(25)26)13-10-17(11-7-8-14(20)15(21)9-11)22-16-6-4-3-5-12(13)16/h3-10H,2H2,1H3,(H,24,26). The van der Waals surface area contributed by atoms with Gasteiger partial charge in [-0.05, 0) is 43.4 Å². The number of aromatic nitrogens is 4. The molecule has 0 aliphatic heterocycles. The molecular formula is C19H14Cl2N4S. The third-order valence-electron chi connectivity index (χ3n) is 4.25. The molecule has 0 spiro atoms. The van der Waals surface area contributed by atoms with Crippen molar-refractivity contribution in [2.75, 3.05) is 0 Å². The predicted octanol–water partition coefficient (Wildman–Crippen LogP) is 6.15. The van der Waals surface area contributed by atoms with Crippen molar-refractivity contribution in [1.29, 1.82) is 0 Å². The van der Waals surface area contributed by atoms with Crippen LogP contribution in [0.2, 0.25) is 10.0 Å². The number of hydrogen-bond donors (Lipinski definition) is 1. The van der Waals surface area contributed by atoms with Crippen LogP contribution in [0.25, 0.3) is 33.5 Å². The number of para-hydroxylation sites is 1. The Morgan fingerprint density at radius 1 is 1.08 bits per heavy atom. The Kier molecular flexibility index (Phi) is 4.53. The number of halogens is 2. The Morgan fingerprint density at radius 2 is 1.88 bits per heavy atom. The van der Waals surface area contributed by atoms with Gasteiger partial charge in [-0.15, -0.1) is 0 Å². The molecule has 0 atom stereocenters.